The number of carbonyl (C=O) groups excluding carboxylic acids is 1. The van der Waals surface area contributed by atoms with Crippen molar-refractivity contribution in [1.82, 2.24) is 4.98 Å². The molecule has 4 nitrogen and oxygen atoms in total. The van der Waals surface area contributed by atoms with Crippen LogP contribution in [0.4, 0.5) is 11.5 Å². The van der Waals surface area contributed by atoms with Gasteiger partial charge in [-0.3, -0.25) is 4.79 Å². The zero-order chi connectivity index (χ0) is 17.6. The summed E-state index contributed by atoms with van der Waals surface area (Å²) < 4.78 is 0.754. The smallest absolute Gasteiger partial charge is 0.257 e. The molecule has 0 saturated heterocycles. The first-order chi connectivity index (χ1) is 12.1. The highest BCUT2D eigenvalue weighted by molar-refractivity contribution is 9.10. The Morgan fingerprint density at radius 2 is 1.92 bits per heavy atom. The number of aryl methyl sites for hydroxylation is 1. The molecule has 25 heavy (non-hydrogen) atoms. The van der Waals surface area contributed by atoms with E-state index in [0.29, 0.717) is 11.4 Å². The van der Waals surface area contributed by atoms with Crippen LogP contribution in [0.5, 0.6) is 0 Å². The normalized spacial score (nSPS) is 10.3. The molecule has 126 valence electrons. The number of hydrogen-bond acceptors (Lipinski definition) is 3. The lowest BCUT2D eigenvalue weighted by Gasteiger charge is -2.09. The molecule has 0 aliphatic rings. The van der Waals surface area contributed by atoms with Gasteiger partial charge in [-0.05, 0) is 52.7 Å². The number of carbonyl (C=O) groups is 1. The van der Waals surface area contributed by atoms with Gasteiger partial charge in [0.2, 0.25) is 0 Å². The molecule has 2 N–H and O–H groups in total. The fraction of sp³-hybridized carbons (Fsp3) is 0.100. The van der Waals surface area contributed by atoms with Crippen LogP contribution in [0.15, 0.2) is 71.3 Å². The first-order valence-corrected chi connectivity index (χ1v) is 8.72. The van der Waals surface area contributed by atoms with Crippen molar-refractivity contribution in [2.45, 2.75) is 13.5 Å². The van der Waals surface area contributed by atoms with Crippen molar-refractivity contribution < 1.29 is 4.79 Å². The molecule has 0 unspecified atom stereocenters. The van der Waals surface area contributed by atoms with Gasteiger partial charge in [0.25, 0.3) is 5.91 Å². The Morgan fingerprint density at radius 1 is 1.08 bits per heavy atom. The van der Waals surface area contributed by atoms with Gasteiger partial charge in [-0.1, -0.05) is 42.0 Å². The minimum atomic E-state index is -0.194. The number of hydrogen-bond donors (Lipinski definition) is 2. The van der Waals surface area contributed by atoms with Crippen LogP contribution >= 0.6 is 15.9 Å². The van der Waals surface area contributed by atoms with Crippen LogP contribution < -0.4 is 10.6 Å². The molecule has 1 heterocycles. The monoisotopic (exact) mass is 395 g/mol. The highest BCUT2D eigenvalue weighted by atomic mass is 79.9. The molecular formula is C20H18BrN3O. The molecule has 3 rings (SSSR count). The van der Waals surface area contributed by atoms with Crippen molar-refractivity contribution in [3.8, 4) is 0 Å². The summed E-state index contributed by atoms with van der Waals surface area (Å²) in [5.74, 6) is 0.322. The molecule has 2 aromatic carbocycles. The minimum absolute atomic E-state index is 0.194. The summed E-state index contributed by atoms with van der Waals surface area (Å²) >= 11 is 3.38. The summed E-state index contributed by atoms with van der Waals surface area (Å²) in [6.45, 7) is 2.81. The lowest BCUT2D eigenvalue weighted by atomic mass is 10.1. The van der Waals surface area contributed by atoms with Crippen molar-refractivity contribution in [3.05, 3.63) is 88.0 Å². The van der Waals surface area contributed by atoms with Gasteiger partial charge in [-0.25, -0.2) is 4.98 Å². The van der Waals surface area contributed by atoms with Crippen LogP contribution in [0.25, 0.3) is 0 Å². The largest absolute Gasteiger partial charge is 0.380 e. The molecule has 0 aliphatic carbocycles. The molecule has 5 heteroatoms. The summed E-state index contributed by atoms with van der Waals surface area (Å²) in [4.78, 5) is 16.6. The maximum Gasteiger partial charge on any atom is 0.257 e. The summed E-state index contributed by atoms with van der Waals surface area (Å²) in [5.41, 5.74) is 3.93. The molecule has 3 aromatic rings. The second kappa shape index (κ2) is 7.94. The first kappa shape index (κ1) is 17.2. The fourth-order valence-corrected chi connectivity index (χ4v) is 2.89. The van der Waals surface area contributed by atoms with Crippen LogP contribution in [0.2, 0.25) is 0 Å². The second-order valence-electron chi connectivity index (χ2n) is 5.71. The fourth-order valence-electron chi connectivity index (χ4n) is 2.43. The summed E-state index contributed by atoms with van der Waals surface area (Å²) in [7, 11) is 0. The average molecular weight is 396 g/mol. The molecule has 0 atom stereocenters. The third-order valence-electron chi connectivity index (χ3n) is 3.70. The maximum absolute atomic E-state index is 12.3. The van der Waals surface area contributed by atoms with E-state index in [0.717, 1.165) is 16.7 Å². The summed E-state index contributed by atoms with van der Waals surface area (Å²) in [5, 5.41) is 6.13. The molecule has 0 bridgehead atoms. The van der Waals surface area contributed by atoms with E-state index in [1.54, 1.807) is 18.3 Å². The Labute approximate surface area is 155 Å². The van der Waals surface area contributed by atoms with Gasteiger partial charge in [0.05, 0.1) is 17.4 Å². The number of nitrogens with zero attached hydrogens (tertiary/aromatic N) is 1. The van der Waals surface area contributed by atoms with E-state index in [1.165, 1.54) is 11.1 Å². The van der Waals surface area contributed by atoms with Gasteiger partial charge >= 0.3 is 0 Å². The standard InChI is InChI=1S/C20H18BrN3O/c1-14-5-4-6-15(11-14)12-22-16-9-10-19(23-13-16)24-20(25)17-7-2-3-8-18(17)21/h2-11,13,22H,12H2,1H3,(H,23,24,25). The number of benzene rings is 2. The molecule has 0 spiro atoms. The third-order valence-corrected chi connectivity index (χ3v) is 4.39. The molecule has 0 radical (unpaired) electrons. The van der Waals surface area contributed by atoms with Gasteiger partial charge in [-0.15, -0.1) is 0 Å². The number of nitrogens with one attached hydrogen (secondary N) is 2. The first-order valence-electron chi connectivity index (χ1n) is 7.93. The molecule has 1 amide bonds. The van der Waals surface area contributed by atoms with Gasteiger partial charge in [-0.2, -0.15) is 0 Å². The van der Waals surface area contributed by atoms with E-state index in [2.05, 4.69) is 56.7 Å². The number of aromatic nitrogens is 1. The van der Waals surface area contributed by atoms with E-state index < -0.39 is 0 Å². The van der Waals surface area contributed by atoms with Crippen LogP contribution in [0, 0.1) is 6.92 Å². The van der Waals surface area contributed by atoms with Gasteiger partial charge < -0.3 is 10.6 Å². The topological polar surface area (TPSA) is 54.0 Å². The lowest BCUT2D eigenvalue weighted by Crippen LogP contribution is -2.13. The quantitative estimate of drug-likeness (QED) is 0.637. The SMILES string of the molecule is Cc1cccc(CNc2ccc(NC(=O)c3ccccc3Br)nc2)c1. The van der Waals surface area contributed by atoms with Crippen molar-refractivity contribution in [2.75, 3.05) is 10.6 Å². The summed E-state index contributed by atoms with van der Waals surface area (Å²) in [6.07, 6.45) is 1.71. The zero-order valence-electron chi connectivity index (χ0n) is 13.8. The van der Waals surface area contributed by atoms with Crippen molar-refractivity contribution >= 4 is 33.3 Å². The Morgan fingerprint density at radius 3 is 2.64 bits per heavy atom. The third kappa shape index (κ3) is 4.67. The van der Waals surface area contributed by atoms with E-state index in [4.69, 9.17) is 0 Å². The zero-order valence-corrected chi connectivity index (χ0v) is 15.4. The lowest BCUT2D eigenvalue weighted by molar-refractivity contribution is 0.102. The van der Waals surface area contributed by atoms with E-state index in [-0.39, 0.29) is 5.91 Å². The number of rotatable bonds is 5. The van der Waals surface area contributed by atoms with Crippen molar-refractivity contribution in [2.24, 2.45) is 0 Å². The van der Waals surface area contributed by atoms with Crippen molar-refractivity contribution in [1.29, 1.82) is 0 Å². The highest BCUT2D eigenvalue weighted by Gasteiger charge is 2.09. The maximum atomic E-state index is 12.3. The van der Waals surface area contributed by atoms with Crippen LogP contribution in [-0.2, 0) is 6.54 Å². The predicted octanol–water partition coefficient (Wildman–Crippen LogP) is 5.02. The van der Waals surface area contributed by atoms with E-state index in [1.807, 2.05) is 30.3 Å². The Bertz CT molecular complexity index is 878. The molecular weight excluding hydrogens is 378 g/mol. The van der Waals surface area contributed by atoms with Gasteiger partial charge in [0.15, 0.2) is 0 Å². The molecule has 0 saturated carbocycles. The van der Waals surface area contributed by atoms with Gasteiger partial charge in [0.1, 0.15) is 5.82 Å². The van der Waals surface area contributed by atoms with E-state index in [9.17, 15) is 4.79 Å². The Balaban J connectivity index is 1.60. The second-order valence-corrected chi connectivity index (χ2v) is 6.56. The summed E-state index contributed by atoms with van der Waals surface area (Å²) in [6, 6.07) is 19.3. The average Bonchev–Trinajstić information content (AvgIpc) is 2.61. The van der Waals surface area contributed by atoms with Crippen molar-refractivity contribution in [3.63, 3.8) is 0 Å². The molecule has 0 aliphatic heterocycles. The number of halogens is 1. The van der Waals surface area contributed by atoms with E-state index >= 15 is 0 Å². The van der Waals surface area contributed by atoms with Crippen LogP contribution in [0.3, 0.4) is 0 Å². The minimum Gasteiger partial charge on any atom is -0.380 e. The molecule has 0 fully saturated rings. The predicted molar refractivity (Wildman–Crippen MR) is 105 cm³/mol. The van der Waals surface area contributed by atoms with Gasteiger partial charge in [0, 0.05) is 11.0 Å². The highest BCUT2D eigenvalue weighted by Crippen LogP contribution is 2.18. The number of amides is 1. The Hall–Kier alpha value is -2.66. The Kier molecular flexibility index (Phi) is 5.46. The van der Waals surface area contributed by atoms with Crippen LogP contribution in [-0.4, -0.2) is 10.9 Å². The number of anilines is 2. The molecule has 1 aromatic heterocycles. The van der Waals surface area contributed by atoms with Crippen LogP contribution in [0.1, 0.15) is 21.5 Å². The number of pyridine rings is 1.